The summed E-state index contributed by atoms with van der Waals surface area (Å²) >= 11 is 1.40. The Bertz CT molecular complexity index is 752. The molecule has 0 amide bonds. The Balaban J connectivity index is 2.11. The predicted molar refractivity (Wildman–Crippen MR) is 77.1 cm³/mol. The van der Waals surface area contributed by atoms with Gasteiger partial charge in [-0.2, -0.15) is 4.39 Å². The molecular weight excluding hydrogens is 261 g/mol. The standard InChI is InChI=1S/C14H12FN3S/c1-8-7-9(3-4-10(8)16-2)13-17-11-5-6-12(15)18-14(11)19-13/h3-7,16H,1-2H3. The van der Waals surface area contributed by atoms with Crippen LogP contribution < -0.4 is 5.32 Å². The highest BCUT2D eigenvalue weighted by atomic mass is 32.1. The van der Waals surface area contributed by atoms with Gasteiger partial charge in [-0.1, -0.05) is 11.3 Å². The van der Waals surface area contributed by atoms with Gasteiger partial charge in [0.05, 0.1) is 0 Å². The molecule has 19 heavy (non-hydrogen) atoms. The number of pyridine rings is 1. The molecule has 3 nitrogen and oxygen atoms in total. The molecule has 3 rings (SSSR count). The summed E-state index contributed by atoms with van der Waals surface area (Å²) in [6.07, 6.45) is 0. The Kier molecular flexibility index (Phi) is 2.91. The van der Waals surface area contributed by atoms with Gasteiger partial charge in [-0.15, -0.1) is 0 Å². The van der Waals surface area contributed by atoms with Gasteiger partial charge >= 0.3 is 0 Å². The van der Waals surface area contributed by atoms with Crippen molar-refractivity contribution in [1.82, 2.24) is 9.97 Å². The van der Waals surface area contributed by atoms with E-state index in [1.54, 1.807) is 6.07 Å². The summed E-state index contributed by atoms with van der Waals surface area (Å²) in [6, 6.07) is 9.09. The molecule has 0 aliphatic heterocycles. The molecule has 2 heterocycles. The fourth-order valence-electron chi connectivity index (χ4n) is 2.00. The molecule has 0 radical (unpaired) electrons. The van der Waals surface area contributed by atoms with Crippen LogP contribution in [0.15, 0.2) is 30.3 Å². The van der Waals surface area contributed by atoms with E-state index in [-0.39, 0.29) is 0 Å². The maximum absolute atomic E-state index is 13.1. The Morgan fingerprint density at radius 1 is 1.16 bits per heavy atom. The number of anilines is 1. The van der Waals surface area contributed by atoms with Gasteiger partial charge in [-0.3, -0.25) is 0 Å². The van der Waals surface area contributed by atoms with Crippen LogP contribution in [0.2, 0.25) is 0 Å². The molecule has 0 atom stereocenters. The summed E-state index contributed by atoms with van der Waals surface area (Å²) in [5.74, 6) is -0.468. The van der Waals surface area contributed by atoms with Gasteiger partial charge in [0.1, 0.15) is 15.4 Å². The van der Waals surface area contributed by atoms with Gasteiger partial charge in [0.2, 0.25) is 5.95 Å². The van der Waals surface area contributed by atoms with Crippen molar-refractivity contribution >= 4 is 27.4 Å². The quantitative estimate of drug-likeness (QED) is 0.721. The molecule has 0 saturated carbocycles. The minimum atomic E-state index is -0.468. The number of nitrogens with zero attached hydrogens (tertiary/aromatic N) is 2. The highest BCUT2D eigenvalue weighted by molar-refractivity contribution is 7.21. The molecule has 0 aliphatic carbocycles. The smallest absolute Gasteiger partial charge is 0.214 e. The second-order valence-electron chi connectivity index (χ2n) is 4.26. The van der Waals surface area contributed by atoms with E-state index >= 15 is 0 Å². The molecule has 5 heteroatoms. The third kappa shape index (κ3) is 2.17. The lowest BCUT2D eigenvalue weighted by molar-refractivity contribution is 0.589. The van der Waals surface area contributed by atoms with Crippen LogP contribution >= 0.6 is 11.3 Å². The zero-order valence-corrected chi connectivity index (χ0v) is 11.4. The molecule has 2 aromatic heterocycles. The number of thiazole rings is 1. The van der Waals surface area contributed by atoms with Crippen LogP contribution in [0.1, 0.15) is 5.56 Å². The lowest BCUT2D eigenvalue weighted by Gasteiger charge is -2.05. The highest BCUT2D eigenvalue weighted by Gasteiger charge is 2.09. The zero-order valence-electron chi connectivity index (χ0n) is 10.6. The molecule has 0 bridgehead atoms. The number of aryl methyl sites for hydroxylation is 1. The van der Waals surface area contributed by atoms with Crippen molar-refractivity contribution in [3.63, 3.8) is 0 Å². The van der Waals surface area contributed by atoms with Crippen LogP contribution in [-0.2, 0) is 0 Å². The van der Waals surface area contributed by atoms with E-state index in [4.69, 9.17) is 0 Å². The first-order valence-electron chi connectivity index (χ1n) is 5.89. The van der Waals surface area contributed by atoms with Crippen LogP contribution in [-0.4, -0.2) is 17.0 Å². The zero-order chi connectivity index (χ0) is 13.4. The summed E-state index contributed by atoms with van der Waals surface area (Å²) < 4.78 is 13.1. The van der Waals surface area contributed by atoms with E-state index in [9.17, 15) is 4.39 Å². The van der Waals surface area contributed by atoms with Crippen molar-refractivity contribution in [1.29, 1.82) is 0 Å². The average molecular weight is 273 g/mol. The van der Waals surface area contributed by atoms with Crippen molar-refractivity contribution < 1.29 is 4.39 Å². The number of fused-ring (bicyclic) bond motifs is 1. The molecular formula is C14H12FN3S. The third-order valence-corrected chi connectivity index (χ3v) is 3.98. The number of benzene rings is 1. The van der Waals surface area contributed by atoms with Crippen molar-refractivity contribution in [2.45, 2.75) is 6.92 Å². The molecule has 1 N–H and O–H groups in total. The number of hydrogen-bond donors (Lipinski definition) is 1. The maximum atomic E-state index is 13.1. The van der Waals surface area contributed by atoms with E-state index in [2.05, 4.69) is 21.4 Å². The number of rotatable bonds is 2. The molecule has 0 saturated heterocycles. The van der Waals surface area contributed by atoms with Gasteiger partial charge < -0.3 is 5.32 Å². The van der Waals surface area contributed by atoms with E-state index in [1.807, 2.05) is 26.1 Å². The molecule has 0 aliphatic rings. The first-order valence-corrected chi connectivity index (χ1v) is 6.71. The number of halogens is 1. The van der Waals surface area contributed by atoms with Crippen LogP contribution in [0.4, 0.5) is 10.1 Å². The number of aromatic nitrogens is 2. The average Bonchev–Trinajstić information content (AvgIpc) is 2.81. The van der Waals surface area contributed by atoms with Gasteiger partial charge in [0.25, 0.3) is 0 Å². The Morgan fingerprint density at radius 3 is 2.74 bits per heavy atom. The van der Waals surface area contributed by atoms with E-state index in [1.165, 1.54) is 17.4 Å². The van der Waals surface area contributed by atoms with Crippen LogP contribution in [0.5, 0.6) is 0 Å². The summed E-state index contributed by atoms with van der Waals surface area (Å²) in [7, 11) is 1.90. The van der Waals surface area contributed by atoms with E-state index in [0.29, 0.717) is 4.83 Å². The fraction of sp³-hybridized carbons (Fsp3) is 0.143. The topological polar surface area (TPSA) is 37.8 Å². The van der Waals surface area contributed by atoms with Gasteiger partial charge in [0.15, 0.2) is 0 Å². The molecule has 0 unspecified atom stereocenters. The van der Waals surface area contributed by atoms with Crippen LogP contribution in [0.25, 0.3) is 20.9 Å². The van der Waals surface area contributed by atoms with E-state index in [0.717, 1.165) is 27.3 Å². The normalized spacial score (nSPS) is 10.9. The number of hydrogen-bond acceptors (Lipinski definition) is 4. The summed E-state index contributed by atoms with van der Waals surface area (Å²) in [5, 5.41) is 3.99. The Morgan fingerprint density at radius 2 is 2.00 bits per heavy atom. The molecule has 3 aromatic rings. The maximum Gasteiger partial charge on any atom is 0.214 e. The summed E-state index contributed by atoms with van der Waals surface area (Å²) in [6.45, 7) is 2.04. The van der Waals surface area contributed by atoms with Crippen LogP contribution in [0, 0.1) is 12.9 Å². The molecule has 0 spiro atoms. The van der Waals surface area contributed by atoms with E-state index < -0.39 is 5.95 Å². The van der Waals surface area contributed by atoms with Crippen molar-refractivity contribution in [2.24, 2.45) is 0 Å². The Hall–Kier alpha value is -2.01. The first kappa shape index (κ1) is 12.0. The monoisotopic (exact) mass is 273 g/mol. The minimum absolute atomic E-state index is 0.468. The lowest BCUT2D eigenvalue weighted by Crippen LogP contribution is -1.91. The minimum Gasteiger partial charge on any atom is -0.388 e. The van der Waals surface area contributed by atoms with Crippen molar-refractivity contribution in [3.8, 4) is 10.6 Å². The molecule has 1 aromatic carbocycles. The second kappa shape index (κ2) is 4.59. The molecule has 96 valence electrons. The third-order valence-electron chi connectivity index (χ3n) is 2.96. The summed E-state index contributed by atoms with van der Waals surface area (Å²) in [5.41, 5.74) is 4.00. The fourth-order valence-corrected chi connectivity index (χ4v) is 2.92. The van der Waals surface area contributed by atoms with Gasteiger partial charge in [-0.25, -0.2) is 9.97 Å². The first-order chi connectivity index (χ1) is 9.17. The lowest BCUT2D eigenvalue weighted by atomic mass is 10.1. The van der Waals surface area contributed by atoms with Gasteiger partial charge in [-0.05, 0) is 42.8 Å². The molecule has 0 fully saturated rings. The predicted octanol–water partition coefficient (Wildman–Crippen LogP) is 3.85. The number of nitrogens with one attached hydrogen (secondary N) is 1. The van der Waals surface area contributed by atoms with Crippen molar-refractivity contribution in [3.05, 3.63) is 41.8 Å². The summed E-state index contributed by atoms with van der Waals surface area (Å²) in [4.78, 5) is 8.97. The largest absolute Gasteiger partial charge is 0.388 e. The van der Waals surface area contributed by atoms with Crippen LogP contribution in [0.3, 0.4) is 0 Å². The van der Waals surface area contributed by atoms with Crippen molar-refractivity contribution in [2.75, 3.05) is 12.4 Å². The Labute approximate surface area is 114 Å². The van der Waals surface area contributed by atoms with Gasteiger partial charge in [0, 0.05) is 18.3 Å². The SMILES string of the molecule is CNc1ccc(-c2nc3ccc(F)nc3s2)cc1C. The highest BCUT2D eigenvalue weighted by Crippen LogP contribution is 2.31. The second-order valence-corrected chi connectivity index (χ2v) is 5.23.